The molecule has 1 aromatic heterocycles. The largest absolute Gasteiger partial charge is 0.482 e. The van der Waals surface area contributed by atoms with Crippen LogP contribution in [0.5, 0.6) is 5.75 Å². The number of amides is 1. The molecule has 0 radical (unpaired) electrons. The van der Waals surface area contributed by atoms with E-state index in [0.717, 1.165) is 0 Å². The molecule has 0 aliphatic rings. The van der Waals surface area contributed by atoms with E-state index in [2.05, 4.69) is 10.3 Å². The highest BCUT2D eigenvalue weighted by atomic mass is 35.5. The molecule has 3 aromatic rings. The van der Waals surface area contributed by atoms with E-state index in [0.29, 0.717) is 26.1 Å². The Morgan fingerprint density at radius 2 is 2.14 bits per heavy atom. The van der Waals surface area contributed by atoms with Gasteiger partial charge < -0.3 is 4.74 Å². The number of para-hydroxylation sites is 1. The standard InChI is InChI=1S/C15H10ClFN2O2S/c16-10-3-1-2-4-12(10)21-8-14(20)19-15-18-11-6-5-9(17)7-13(11)22-15/h1-7H,8H2,(H,18,19,20). The van der Waals surface area contributed by atoms with Gasteiger partial charge in [-0.3, -0.25) is 10.1 Å². The van der Waals surface area contributed by atoms with Gasteiger partial charge in [0.1, 0.15) is 11.6 Å². The number of benzene rings is 2. The lowest BCUT2D eigenvalue weighted by atomic mass is 10.3. The summed E-state index contributed by atoms with van der Waals surface area (Å²) < 4.78 is 19.1. The first-order valence-corrected chi connectivity index (χ1v) is 7.54. The van der Waals surface area contributed by atoms with E-state index in [1.54, 1.807) is 30.3 Å². The highest BCUT2D eigenvalue weighted by Gasteiger charge is 2.10. The first kappa shape index (κ1) is 14.7. The zero-order valence-electron chi connectivity index (χ0n) is 11.2. The van der Waals surface area contributed by atoms with Gasteiger partial charge in [0.15, 0.2) is 11.7 Å². The normalized spacial score (nSPS) is 10.6. The molecule has 0 aliphatic heterocycles. The number of hydrogen-bond donors (Lipinski definition) is 1. The van der Waals surface area contributed by atoms with Crippen LogP contribution in [-0.2, 0) is 4.79 Å². The van der Waals surface area contributed by atoms with Crippen LogP contribution in [0.2, 0.25) is 5.02 Å². The first-order chi connectivity index (χ1) is 10.6. The van der Waals surface area contributed by atoms with Gasteiger partial charge in [0, 0.05) is 0 Å². The van der Waals surface area contributed by atoms with E-state index in [4.69, 9.17) is 16.3 Å². The molecular weight excluding hydrogens is 327 g/mol. The molecule has 0 saturated carbocycles. The van der Waals surface area contributed by atoms with Crippen molar-refractivity contribution in [2.24, 2.45) is 0 Å². The van der Waals surface area contributed by atoms with E-state index in [1.807, 2.05) is 0 Å². The van der Waals surface area contributed by atoms with Crippen LogP contribution in [0, 0.1) is 5.82 Å². The predicted molar refractivity (Wildman–Crippen MR) is 85.2 cm³/mol. The molecule has 1 heterocycles. The molecule has 0 saturated heterocycles. The average Bonchev–Trinajstić information content (AvgIpc) is 2.87. The molecule has 0 fully saturated rings. The van der Waals surface area contributed by atoms with Crippen molar-refractivity contribution >= 4 is 44.2 Å². The Balaban J connectivity index is 1.64. The highest BCUT2D eigenvalue weighted by Crippen LogP contribution is 2.26. The molecule has 0 unspecified atom stereocenters. The summed E-state index contributed by atoms with van der Waals surface area (Å²) in [6.07, 6.45) is 0. The number of nitrogens with one attached hydrogen (secondary N) is 1. The summed E-state index contributed by atoms with van der Waals surface area (Å²) in [5.74, 6) is -0.263. The minimum atomic E-state index is -0.362. The van der Waals surface area contributed by atoms with Crippen LogP contribution in [0.4, 0.5) is 9.52 Å². The third-order valence-electron chi connectivity index (χ3n) is 2.79. The van der Waals surface area contributed by atoms with E-state index in [9.17, 15) is 9.18 Å². The molecule has 3 rings (SSSR count). The van der Waals surface area contributed by atoms with Crippen LogP contribution < -0.4 is 10.1 Å². The van der Waals surface area contributed by atoms with Gasteiger partial charge in [-0.2, -0.15) is 0 Å². The van der Waals surface area contributed by atoms with Gasteiger partial charge in [0.25, 0.3) is 5.91 Å². The second-order valence-electron chi connectivity index (χ2n) is 4.40. The molecule has 7 heteroatoms. The number of carbonyl (C=O) groups excluding carboxylic acids is 1. The molecule has 0 aliphatic carbocycles. The number of carbonyl (C=O) groups is 1. The smallest absolute Gasteiger partial charge is 0.264 e. The Bertz CT molecular complexity index is 837. The summed E-state index contributed by atoms with van der Waals surface area (Å²) in [5, 5.41) is 3.45. The van der Waals surface area contributed by atoms with Crippen molar-refractivity contribution in [3.8, 4) is 5.75 Å². The first-order valence-electron chi connectivity index (χ1n) is 6.35. The fourth-order valence-electron chi connectivity index (χ4n) is 1.81. The molecule has 4 nitrogen and oxygen atoms in total. The maximum Gasteiger partial charge on any atom is 0.264 e. The molecule has 1 N–H and O–H groups in total. The van der Waals surface area contributed by atoms with Gasteiger partial charge >= 0.3 is 0 Å². The third-order valence-corrected chi connectivity index (χ3v) is 4.04. The van der Waals surface area contributed by atoms with Gasteiger partial charge in [0.05, 0.1) is 15.2 Å². The molecule has 0 atom stereocenters. The van der Waals surface area contributed by atoms with Gasteiger partial charge in [-0.05, 0) is 30.3 Å². The Hall–Kier alpha value is -2.18. The van der Waals surface area contributed by atoms with Gasteiger partial charge in [0.2, 0.25) is 0 Å². The lowest BCUT2D eigenvalue weighted by Gasteiger charge is -2.06. The molecule has 0 bridgehead atoms. The van der Waals surface area contributed by atoms with Crippen molar-refractivity contribution in [3.05, 3.63) is 53.3 Å². The zero-order valence-corrected chi connectivity index (χ0v) is 12.7. The number of rotatable bonds is 4. The van der Waals surface area contributed by atoms with E-state index < -0.39 is 0 Å². The lowest BCUT2D eigenvalue weighted by Crippen LogP contribution is -2.20. The van der Waals surface area contributed by atoms with Crippen molar-refractivity contribution in [3.63, 3.8) is 0 Å². The fourth-order valence-corrected chi connectivity index (χ4v) is 2.91. The third kappa shape index (κ3) is 3.35. The molecule has 2 aromatic carbocycles. The summed E-state index contributed by atoms with van der Waals surface area (Å²) in [6.45, 7) is -0.186. The van der Waals surface area contributed by atoms with Gasteiger partial charge in [-0.1, -0.05) is 35.1 Å². The average molecular weight is 337 g/mol. The topological polar surface area (TPSA) is 51.2 Å². The van der Waals surface area contributed by atoms with Crippen molar-refractivity contribution in [2.75, 3.05) is 11.9 Å². The summed E-state index contributed by atoms with van der Waals surface area (Å²) in [7, 11) is 0. The monoisotopic (exact) mass is 336 g/mol. The summed E-state index contributed by atoms with van der Waals surface area (Å²) in [5.41, 5.74) is 0.633. The van der Waals surface area contributed by atoms with Crippen molar-refractivity contribution in [1.29, 1.82) is 0 Å². The molecule has 1 amide bonds. The second-order valence-corrected chi connectivity index (χ2v) is 5.84. The van der Waals surface area contributed by atoms with Crippen molar-refractivity contribution < 1.29 is 13.9 Å². The summed E-state index contributed by atoms with van der Waals surface area (Å²) >= 11 is 7.13. The van der Waals surface area contributed by atoms with Crippen LogP contribution in [0.3, 0.4) is 0 Å². The van der Waals surface area contributed by atoms with Crippen molar-refractivity contribution in [1.82, 2.24) is 4.98 Å². The number of thiazole rings is 1. The molecule has 112 valence electrons. The van der Waals surface area contributed by atoms with Crippen LogP contribution in [0.25, 0.3) is 10.2 Å². The van der Waals surface area contributed by atoms with E-state index in [1.165, 1.54) is 23.5 Å². The Labute approximate surface area is 134 Å². The van der Waals surface area contributed by atoms with Crippen molar-refractivity contribution in [2.45, 2.75) is 0 Å². The van der Waals surface area contributed by atoms with E-state index in [-0.39, 0.29) is 18.3 Å². The number of anilines is 1. The van der Waals surface area contributed by atoms with Gasteiger partial charge in [-0.25, -0.2) is 9.37 Å². The van der Waals surface area contributed by atoms with E-state index >= 15 is 0 Å². The van der Waals surface area contributed by atoms with Crippen LogP contribution in [0.15, 0.2) is 42.5 Å². The Kier molecular flexibility index (Phi) is 4.22. The number of halogens is 2. The maximum absolute atomic E-state index is 13.1. The highest BCUT2D eigenvalue weighted by molar-refractivity contribution is 7.22. The number of ether oxygens (including phenoxy) is 1. The van der Waals surface area contributed by atoms with Crippen LogP contribution in [-0.4, -0.2) is 17.5 Å². The van der Waals surface area contributed by atoms with Crippen LogP contribution >= 0.6 is 22.9 Å². The zero-order chi connectivity index (χ0) is 15.5. The maximum atomic E-state index is 13.1. The lowest BCUT2D eigenvalue weighted by molar-refractivity contribution is -0.118. The molecule has 0 spiro atoms. The second kappa shape index (κ2) is 6.29. The number of hydrogen-bond acceptors (Lipinski definition) is 4. The Morgan fingerprint density at radius 1 is 1.32 bits per heavy atom. The van der Waals surface area contributed by atoms with Gasteiger partial charge in [-0.15, -0.1) is 0 Å². The number of nitrogens with zero attached hydrogens (tertiary/aromatic N) is 1. The SMILES string of the molecule is O=C(COc1ccccc1Cl)Nc1nc2ccc(F)cc2s1. The van der Waals surface area contributed by atoms with Crippen LogP contribution in [0.1, 0.15) is 0 Å². The molecule has 22 heavy (non-hydrogen) atoms. The summed E-state index contributed by atoms with van der Waals surface area (Å²) in [6, 6.07) is 11.2. The number of aromatic nitrogens is 1. The Morgan fingerprint density at radius 3 is 2.95 bits per heavy atom. The quantitative estimate of drug-likeness (QED) is 0.780. The minimum absolute atomic E-state index is 0.186. The minimum Gasteiger partial charge on any atom is -0.482 e. The fraction of sp³-hybridized carbons (Fsp3) is 0.0667. The predicted octanol–water partition coefficient (Wildman–Crippen LogP) is 4.11. The molecular formula is C15H10ClFN2O2S. The summed E-state index contributed by atoms with van der Waals surface area (Å²) in [4.78, 5) is 16.1. The number of fused-ring (bicyclic) bond motifs is 1.